The standard InChI is InChI=1S/C28H30F3N3O7/c1-39-25-9-5-6-20(15-25)33-27(38)34(41-26(37)28(29,30)31)22-12-10-19(11-13-22)14-21(17-35)32-16-23(36)18-40-24-7-3-2-4-8-24/h2-13,15,21,23,32,35-36H,14,16-18H2,1H3,(H,33,38)/t21-,23-/m0/s1. The average Bonchev–Trinajstić information content (AvgIpc) is 2.97. The van der Waals surface area contributed by atoms with Crippen LogP contribution < -0.4 is 25.2 Å². The molecule has 0 saturated heterocycles. The number of benzene rings is 3. The van der Waals surface area contributed by atoms with Gasteiger partial charge >= 0.3 is 18.2 Å². The van der Waals surface area contributed by atoms with Crippen molar-refractivity contribution in [3.05, 3.63) is 84.4 Å². The molecule has 41 heavy (non-hydrogen) atoms. The van der Waals surface area contributed by atoms with Gasteiger partial charge in [0.25, 0.3) is 0 Å². The number of halogens is 3. The molecule has 0 bridgehead atoms. The number of methoxy groups -OCH3 is 1. The van der Waals surface area contributed by atoms with Crippen LogP contribution in [-0.4, -0.2) is 67.4 Å². The molecule has 3 rings (SSSR count). The van der Waals surface area contributed by atoms with Crippen LogP contribution in [0.15, 0.2) is 78.9 Å². The van der Waals surface area contributed by atoms with Crippen molar-refractivity contribution in [3.63, 3.8) is 0 Å². The van der Waals surface area contributed by atoms with Crippen LogP contribution in [0.5, 0.6) is 11.5 Å². The zero-order valence-electron chi connectivity index (χ0n) is 22.0. The van der Waals surface area contributed by atoms with Crippen molar-refractivity contribution in [3.8, 4) is 11.5 Å². The van der Waals surface area contributed by atoms with E-state index in [1.807, 2.05) is 6.07 Å². The smallest absolute Gasteiger partial charge is 0.493 e. The first kappa shape index (κ1) is 31.2. The van der Waals surface area contributed by atoms with Crippen LogP contribution in [0.25, 0.3) is 0 Å². The minimum Gasteiger partial charge on any atom is -0.497 e. The molecular weight excluding hydrogens is 547 g/mol. The molecule has 0 saturated carbocycles. The van der Waals surface area contributed by atoms with Gasteiger partial charge in [0.05, 0.1) is 19.4 Å². The molecule has 0 radical (unpaired) electrons. The van der Waals surface area contributed by atoms with Gasteiger partial charge in [0, 0.05) is 24.3 Å². The summed E-state index contributed by atoms with van der Waals surface area (Å²) >= 11 is 0. The van der Waals surface area contributed by atoms with Crippen LogP contribution in [-0.2, 0) is 16.1 Å². The number of ether oxygens (including phenoxy) is 2. The third-order valence-electron chi connectivity index (χ3n) is 5.61. The Morgan fingerprint density at radius 2 is 1.66 bits per heavy atom. The zero-order valence-corrected chi connectivity index (χ0v) is 22.0. The van der Waals surface area contributed by atoms with Crippen molar-refractivity contribution in [1.29, 1.82) is 0 Å². The van der Waals surface area contributed by atoms with Crippen LogP contribution >= 0.6 is 0 Å². The quantitative estimate of drug-likeness (QED) is 0.240. The number of rotatable bonds is 12. The number of para-hydroxylation sites is 1. The van der Waals surface area contributed by atoms with E-state index in [9.17, 15) is 33.0 Å². The third-order valence-corrected chi connectivity index (χ3v) is 5.61. The topological polar surface area (TPSA) is 130 Å². The number of amides is 2. The number of hydroxylamine groups is 1. The van der Waals surface area contributed by atoms with Gasteiger partial charge in [-0.15, -0.1) is 5.06 Å². The van der Waals surface area contributed by atoms with Crippen molar-refractivity contribution in [2.24, 2.45) is 0 Å². The van der Waals surface area contributed by atoms with Gasteiger partial charge in [-0.2, -0.15) is 13.2 Å². The number of urea groups is 1. The molecule has 0 unspecified atom stereocenters. The fourth-order valence-electron chi connectivity index (χ4n) is 3.55. The molecule has 13 heteroatoms. The maximum absolute atomic E-state index is 12.9. The van der Waals surface area contributed by atoms with Crippen LogP contribution in [0, 0.1) is 0 Å². The largest absolute Gasteiger partial charge is 0.497 e. The van der Waals surface area contributed by atoms with Crippen LogP contribution in [0.2, 0.25) is 0 Å². The Bertz CT molecular complexity index is 1260. The Morgan fingerprint density at radius 1 is 0.976 bits per heavy atom. The van der Waals surface area contributed by atoms with Crippen LogP contribution in [0.1, 0.15) is 5.56 Å². The Labute approximate surface area is 234 Å². The lowest BCUT2D eigenvalue weighted by atomic mass is 10.1. The van der Waals surface area contributed by atoms with Gasteiger partial charge in [0.1, 0.15) is 24.2 Å². The van der Waals surface area contributed by atoms with E-state index in [0.717, 1.165) is 0 Å². The molecule has 0 aliphatic carbocycles. The molecule has 0 aliphatic rings. The van der Waals surface area contributed by atoms with Crippen molar-refractivity contribution in [2.45, 2.75) is 24.7 Å². The molecule has 0 fully saturated rings. The van der Waals surface area contributed by atoms with Gasteiger partial charge in [-0.3, -0.25) is 0 Å². The fraction of sp³-hybridized carbons (Fsp3) is 0.286. The lowest BCUT2D eigenvalue weighted by Crippen LogP contribution is -2.41. The lowest BCUT2D eigenvalue weighted by Gasteiger charge is -2.23. The number of carbonyl (C=O) groups excluding carboxylic acids is 2. The van der Waals surface area contributed by atoms with Gasteiger partial charge in [0.2, 0.25) is 0 Å². The number of anilines is 2. The van der Waals surface area contributed by atoms with E-state index in [4.69, 9.17) is 9.47 Å². The van der Waals surface area contributed by atoms with Gasteiger partial charge in [-0.25, -0.2) is 9.59 Å². The minimum absolute atomic E-state index is 0.0359. The number of alkyl halides is 3. The molecule has 2 atom stereocenters. The molecule has 2 amide bonds. The molecular formula is C28H30F3N3O7. The summed E-state index contributed by atoms with van der Waals surface area (Å²) in [4.78, 5) is 28.8. The first-order valence-electron chi connectivity index (χ1n) is 12.4. The number of nitrogens with one attached hydrogen (secondary N) is 2. The monoisotopic (exact) mass is 577 g/mol. The van der Waals surface area contributed by atoms with Gasteiger partial charge in [0.15, 0.2) is 0 Å². The Balaban J connectivity index is 1.64. The summed E-state index contributed by atoms with van der Waals surface area (Å²) in [5.74, 6) is -1.59. The molecule has 0 heterocycles. The second-order valence-electron chi connectivity index (χ2n) is 8.77. The number of nitrogens with zero attached hydrogens (tertiary/aromatic N) is 1. The van der Waals surface area contributed by atoms with E-state index in [0.29, 0.717) is 17.1 Å². The second-order valence-corrected chi connectivity index (χ2v) is 8.77. The van der Waals surface area contributed by atoms with Crippen LogP contribution in [0.3, 0.4) is 0 Å². The molecule has 3 aromatic carbocycles. The number of aliphatic hydroxyl groups excluding tert-OH is 2. The first-order chi connectivity index (χ1) is 19.6. The Kier molecular flexibility index (Phi) is 11.3. The maximum atomic E-state index is 12.9. The first-order valence-corrected chi connectivity index (χ1v) is 12.4. The highest BCUT2D eigenvalue weighted by Crippen LogP contribution is 2.24. The molecule has 0 spiro atoms. The second kappa shape index (κ2) is 14.9. The summed E-state index contributed by atoms with van der Waals surface area (Å²) in [5.41, 5.74) is 0.673. The van der Waals surface area contributed by atoms with Gasteiger partial charge < -0.3 is 35.2 Å². The zero-order chi connectivity index (χ0) is 29.8. The Hall–Kier alpha value is -4.33. The SMILES string of the molecule is COc1cccc(NC(=O)N(OC(=O)C(F)(F)F)c2ccc(C[C@@H](CO)NC[C@H](O)COc3ccccc3)cc2)c1. The molecule has 4 N–H and O–H groups in total. The number of hydrogen-bond acceptors (Lipinski definition) is 8. The van der Waals surface area contributed by atoms with Crippen molar-refractivity contribution >= 4 is 23.4 Å². The minimum atomic E-state index is -5.34. The summed E-state index contributed by atoms with van der Waals surface area (Å²) in [7, 11) is 1.40. The van der Waals surface area contributed by atoms with E-state index in [-0.39, 0.29) is 42.6 Å². The lowest BCUT2D eigenvalue weighted by molar-refractivity contribution is -0.199. The highest BCUT2D eigenvalue weighted by atomic mass is 19.4. The number of carbonyl (C=O) groups is 2. The van der Waals surface area contributed by atoms with Gasteiger partial charge in [-0.05, 0) is 48.4 Å². The predicted octanol–water partition coefficient (Wildman–Crippen LogP) is 3.69. The van der Waals surface area contributed by atoms with Crippen molar-refractivity contribution in [1.82, 2.24) is 5.32 Å². The normalized spacial score (nSPS) is 12.6. The van der Waals surface area contributed by atoms with Crippen molar-refractivity contribution < 1.29 is 47.3 Å². The van der Waals surface area contributed by atoms with E-state index < -0.39 is 30.3 Å². The van der Waals surface area contributed by atoms with E-state index in [2.05, 4.69) is 15.5 Å². The van der Waals surface area contributed by atoms with E-state index in [1.165, 1.54) is 43.5 Å². The van der Waals surface area contributed by atoms with E-state index in [1.54, 1.807) is 36.4 Å². The number of hydrogen-bond donors (Lipinski definition) is 4. The summed E-state index contributed by atoms with van der Waals surface area (Å²) in [5, 5.41) is 25.6. The van der Waals surface area contributed by atoms with Crippen LogP contribution in [0.4, 0.5) is 29.3 Å². The van der Waals surface area contributed by atoms with Crippen molar-refractivity contribution in [2.75, 3.05) is 37.2 Å². The number of aliphatic hydroxyl groups is 2. The van der Waals surface area contributed by atoms with E-state index >= 15 is 0 Å². The summed E-state index contributed by atoms with van der Waals surface area (Å²) in [6.07, 6.45) is -5.92. The third kappa shape index (κ3) is 9.98. The maximum Gasteiger partial charge on any atom is 0.493 e. The fourth-order valence-corrected chi connectivity index (χ4v) is 3.55. The predicted molar refractivity (Wildman–Crippen MR) is 144 cm³/mol. The Morgan fingerprint density at radius 3 is 2.29 bits per heavy atom. The molecule has 220 valence electrons. The summed E-state index contributed by atoms with van der Waals surface area (Å²) < 4.78 is 49.3. The summed E-state index contributed by atoms with van der Waals surface area (Å²) in [6, 6.07) is 19.0. The van der Waals surface area contributed by atoms with Gasteiger partial charge in [-0.1, -0.05) is 36.4 Å². The molecule has 10 nitrogen and oxygen atoms in total. The average molecular weight is 578 g/mol. The molecule has 3 aromatic rings. The highest BCUT2D eigenvalue weighted by Gasteiger charge is 2.43. The molecule has 0 aromatic heterocycles. The summed E-state index contributed by atoms with van der Waals surface area (Å²) in [6.45, 7) is -0.109. The highest BCUT2D eigenvalue weighted by molar-refractivity contribution is 6.01. The molecule has 0 aliphatic heterocycles.